The summed E-state index contributed by atoms with van der Waals surface area (Å²) < 4.78 is 1.90. The number of benzene rings is 1. The Bertz CT molecular complexity index is 1160. The maximum atomic E-state index is 13.0. The highest BCUT2D eigenvalue weighted by Gasteiger charge is 2.26. The van der Waals surface area contributed by atoms with Crippen molar-refractivity contribution in [3.05, 3.63) is 58.5 Å². The molecule has 5 rings (SSSR count). The van der Waals surface area contributed by atoms with Gasteiger partial charge in [0.2, 0.25) is 5.91 Å². The first-order valence-corrected chi connectivity index (χ1v) is 10.5. The number of rotatable bonds is 2. The zero-order chi connectivity index (χ0) is 20.8. The van der Waals surface area contributed by atoms with Crippen LogP contribution in [-0.4, -0.2) is 52.3 Å². The van der Waals surface area contributed by atoms with Crippen LogP contribution >= 0.6 is 11.6 Å². The second-order valence-corrected chi connectivity index (χ2v) is 8.24. The summed E-state index contributed by atoms with van der Waals surface area (Å²) in [5.41, 5.74) is 5.16. The van der Waals surface area contributed by atoms with Crippen molar-refractivity contribution in [2.75, 3.05) is 36.4 Å². The van der Waals surface area contributed by atoms with Gasteiger partial charge in [0.05, 0.1) is 10.7 Å². The summed E-state index contributed by atoms with van der Waals surface area (Å²) in [7, 11) is 0. The van der Waals surface area contributed by atoms with Crippen LogP contribution in [0, 0.1) is 6.92 Å². The Hall–Kier alpha value is -3.06. The number of halogens is 1. The van der Waals surface area contributed by atoms with Crippen molar-refractivity contribution >= 4 is 40.4 Å². The molecule has 0 radical (unpaired) electrons. The molecule has 1 fully saturated rings. The van der Waals surface area contributed by atoms with Crippen molar-refractivity contribution in [1.29, 1.82) is 0 Å². The second-order valence-electron chi connectivity index (χ2n) is 7.84. The van der Waals surface area contributed by atoms with E-state index in [4.69, 9.17) is 11.6 Å². The number of hydrogen-bond acceptors (Lipinski definition) is 4. The van der Waals surface area contributed by atoms with Crippen molar-refractivity contribution in [1.82, 2.24) is 14.3 Å². The van der Waals surface area contributed by atoms with Crippen LogP contribution in [0.25, 0.3) is 5.65 Å². The topological polar surface area (TPSA) is 70.0 Å². The van der Waals surface area contributed by atoms with Crippen LogP contribution in [0.5, 0.6) is 0 Å². The molecule has 154 valence electrons. The lowest BCUT2D eigenvalue weighted by Crippen LogP contribution is -2.49. The Morgan fingerprint density at radius 1 is 1.17 bits per heavy atom. The molecule has 0 atom stereocenters. The number of carbonyl (C=O) groups excluding carboxylic acids is 2. The van der Waals surface area contributed by atoms with Gasteiger partial charge in [-0.2, -0.15) is 0 Å². The molecule has 30 heavy (non-hydrogen) atoms. The molecule has 7 nitrogen and oxygen atoms in total. The monoisotopic (exact) mass is 423 g/mol. The molecule has 0 unspecified atom stereocenters. The van der Waals surface area contributed by atoms with E-state index >= 15 is 0 Å². The SMILES string of the molecule is Cc1cccn2cc(C(=O)N3CCN(c4cc(Cl)c5c(c4)CCC(=O)N5)CC3)nc12. The van der Waals surface area contributed by atoms with Gasteiger partial charge in [-0.25, -0.2) is 4.98 Å². The highest BCUT2D eigenvalue weighted by atomic mass is 35.5. The van der Waals surface area contributed by atoms with E-state index in [2.05, 4.69) is 21.3 Å². The summed E-state index contributed by atoms with van der Waals surface area (Å²) in [5.74, 6) is -0.0321. The fraction of sp³-hybridized carbons (Fsp3) is 0.318. The van der Waals surface area contributed by atoms with Crippen LogP contribution in [-0.2, 0) is 11.2 Å². The van der Waals surface area contributed by atoms with Gasteiger partial charge in [-0.1, -0.05) is 17.7 Å². The zero-order valence-corrected chi connectivity index (χ0v) is 17.4. The molecule has 4 heterocycles. The van der Waals surface area contributed by atoms with Gasteiger partial charge in [-0.3, -0.25) is 9.59 Å². The minimum atomic E-state index is -0.0380. The summed E-state index contributed by atoms with van der Waals surface area (Å²) >= 11 is 6.43. The first kappa shape index (κ1) is 18.9. The minimum Gasteiger partial charge on any atom is -0.368 e. The molecule has 3 aromatic rings. The van der Waals surface area contributed by atoms with Crippen molar-refractivity contribution < 1.29 is 9.59 Å². The average Bonchev–Trinajstić information content (AvgIpc) is 3.19. The fourth-order valence-electron chi connectivity index (χ4n) is 4.20. The number of pyridine rings is 1. The number of anilines is 2. The Morgan fingerprint density at radius 2 is 1.97 bits per heavy atom. The number of nitrogens with one attached hydrogen (secondary N) is 1. The summed E-state index contributed by atoms with van der Waals surface area (Å²) in [6.45, 7) is 4.68. The number of aryl methyl sites for hydroxylation is 2. The van der Waals surface area contributed by atoms with Gasteiger partial charge in [-0.15, -0.1) is 0 Å². The maximum Gasteiger partial charge on any atom is 0.274 e. The second kappa shape index (κ2) is 7.32. The van der Waals surface area contributed by atoms with Crippen LogP contribution in [0.15, 0.2) is 36.7 Å². The van der Waals surface area contributed by atoms with Gasteiger partial charge in [-0.05, 0) is 42.7 Å². The van der Waals surface area contributed by atoms with E-state index in [1.807, 2.05) is 40.6 Å². The molecule has 2 aliphatic heterocycles. The standard InChI is InChI=1S/C22H22ClN5O2/c1-14-3-2-6-28-13-18(24-21(14)28)22(30)27-9-7-26(8-10-27)16-11-15-4-5-19(29)25-20(15)17(23)12-16/h2-3,6,11-13H,4-5,7-10H2,1H3,(H,25,29). The molecule has 2 aromatic heterocycles. The van der Waals surface area contributed by atoms with Crippen LogP contribution in [0.2, 0.25) is 5.02 Å². The predicted molar refractivity (Wildman–Crippen MR) is 116 cm³/mol. The molecule has 1 saturated heterocycles. The van der Waals surface area contributed by atoms with Crippen molar-refractivity contribution in [3.8, 4) is 0 Å². The first-order valence-electron chi connectivity index (χ1n) is 10.1. The van der Waals surface area contributed by atoms with E-state index in [9.17, 15) is 9.59 Å². The highest BCUT2D eigenvalue weighted by molar-refractivity contribution is 6.34. The normalized spacial score (nSPS) is 16.5. The average molecular weight is 424 g/mol. The number of nitrogens with zero attached hydrogens (tertiary/aromatic N) is 4. The third-order valence-electron chi connectivity index (χ3n) is 5.87. The molecular weight excluding hydrogens is 402 g/mol. The van der Waals surface area contributed by atoms with E-state index in [1.165, 1.54) is 0 Å². The van der Waals surface area contributed by atoms with E-state index in [0.717, 1.165) is 41.2 Å². The lowest BCUT2D eigenvalue weighted by molar-refractivity contribution is -0.116. The van der Waals surface area contributed by atoms with Crippen LogP contribution < -0.4 is 10.2 Å². The van der Waals surface area contributed by atoms with Gasteiger partial charge >= 0.3 is 0 Å². The Balaban J connectivity index is 1.30. The molecule has 2 amide bonds. The van der Waals surface area contributed by atoms with Crippen LogP contribution in [0.4, 0.5) is 11.4 Å². The van der Waals surface area contributed by atoms with Gasteiger partial charge in [0.25, 0.3) is 5.91 Å². The molecule has 8 heteroatoms. The number of piperazine rings is 1. The first-order chi connectivity index (χ1) is 14.5. The van der Waals surface area contributed by atoms with Gasteiger partial charge in [0.15, 0.2) is 0 Å². The fourth-order valence-corrected chi connectivity index (χ4v) is 4.48. The summed E-state index contributed by atoms with van der Waals surface area (Å²) in [6, 6.07) is 7.94. The van der Waals surface area contributed by atoms with E-state index < -0.39 is 0 Å². The van der Waals surface area contributed by atoms with Gasteiger partial charge in [0, 0.05) is 50.7 Å². The summed E-state index contributed by atoms with van der Waals surface area (Å²) in [5, 5.41) is 3.43. The van der Waals surface area contributed by atoms with Crippen LogP contribution in [0.1, 0.15) is 28.0 Å². The van der Waals surface area contributed by atoms with E-state index in [-0.39, 0.29) is 11.8 Å². The van der Waals surface area contributed by atoms with Crippen molar-refractivity contribution in [3.63, 3.8) is 0 Å². The Morgan fingerprint density at radius 3 is 2.73 bits per heavy atom. The minimum absolute atomic E-state index is 0.00594. The van der Waals surface area contributed by atoms with Gasteiger partial charge < -0.3 is 19.5 Å². The predicted octanol–water partition coefficient (Wildman–Crippen LogP) is 3.14. The number of amides is 2. The molecule has 0 bridgehead atoms. The summed E-state index contributed by atoms with van der Waals surface area (Å²) in [6.07, 6.45) is 4.88. The zero-order valence-electron chi connectivity index (χ0n) is 16.7. The number of imidazole rings is 1. The number of carbonyl (C=O) groups is 2. The molecule has 0 aliphatic carbocycles. The molecule has 1 aromatic carbocycles. The molecule has 0 spiro atoms. The molecule has 0 saturated carbocycles. The molecular formula is C22H22ClN5O2. The largest absolute Gasteiger partial charge is 0.368 e. The Labute approximate surface area is 179 Å². The van der Waals surface area contributed by atoms with Crippen LogP contribution in [0.3, 0.4) is 0 Å². The lowest BCUT2D eigenvalue weighted by atomic mass is 10.0. The van der Waals surface area contributed by atoms with Gasteiger partial charge in [0.1, 0.15) is 11.3 Å². The number of aromatic nitrogens is 2. The number of fused-ring (bicyclic) bond motifs is 2. The number of hydrogen-bond donors (Lipinski definition) is 1. The third kappa shape index (κ3) is 3.29. The van der Waals surface area contributed by atoms with E-state index in [0.29, 0.717) is 36.6 Å². The quantitative estimate of drug-likeness (QED) is 0.687. The smallest absolute Gasteiger partial charge is 0.274 e. The molecule has 1 N–H and O–H groups in total. The van der Waals surface area contributed by atoms with Crippen molar-refractivity contribution in [2.24, 2.45) is 0 Å². The maximum absolute atomic E-state index is 13.0. The third-order valence-corrected chi connectivity index (χ3v) is 6.17. The highest BCUT2D eigenvalue weighted by Crippen LogP contribution is 2.35. The summed E-state index contributed by atoms with van der Waals surface area (Å²) in [4.78, 5) is 33.2. The lowest BCUT2D eigenvalue weighted by Gasteiger charge is -2.36. The molecule has 2 aliphatic rings. The van der Waals surface area contributed by atoms with Crippen molar-refractivity contribution in [2.45, 2.75) is 19.8 Å². The Kier molecular flexibility index (Phi) is 4.62. The van der Waals surface area contributed by atoms with E-state index in [1.54, 1.807) is 6.20 Å².